The summed E-state index contributed by atoms with van der Waals surface area (Å²) in [6, 6.07) is 27.7. The Morgan fingerprint density at radius 3 is 2.12 bits per heavy atom. The average molecular weight is 556 g/mol. The van der Waals surface area contributed by atoms with Crippen molar-refractivity contribution in [3.8, 4) is 0 Å². The maximum Gasteiger partial charge on any atom is 0.264 e. The van der Waals surface area contributed by atoms with Gasteiger partial charge in [-0.25, -0.2) is 8.42 Å². The minimum Gasteiger partial charge on any atom is -0.345 e. The minimum atomic E-state index is -4.07. The van der Waals surface area contributed by atoms with Crippen LogP contribution in [0.1, 0.15) is 45.6 Å². The van der Waals surface area contributed by atoms with E-state index in [1.807, 2.05) is 64.1 Å². The number of sulfonamides is 1. The van der Waals surface area contributed by atoms with Crippen LogP contribution in [0.2, 0.25) is 0 Å². The van der Waals surface area contributed by atoms with Crippen LogP contribution in [0.4, 0.5) is 11.4 Å². The van der Waals surface area contributed by atoms with Gasteiger partial charge in [-0.2, -0.15) is 0 Å². The van der Waals surface area contributed by atoms with Crippen molar-refractivity contribution in [2.75, 3.05) is 16.2 Å². The first-order valence-electron chi connectivity index (χ1n) is 13.0. The Balaban J connectivity index is 1.60. The van der Waals surface area contributed by atoms with Gasteiger partial charge in [-0.1, -0.05) is 66.2 Å². The molecule has 0 bridgehead atoms. The number of rotatable bonds is 9. The topological polar surface area (TPSA) is 95.6 Å². The molecular weight excluding hydrogens is 522 g/mol. The van der Waals surface area contributed by atoms with Crippen molar-refractivity contribution in [1.29, 1.82) is 0 Å². The van der Waals surface area contributed by atoms with E-state index in [1.165, 1.54) is 12.1 Å². The molecule has 4 rings (SSSR count). The van der Waals surface area contributed by atoms with Gasteiger partial charge in [-0.3, -0.25) is 13.9 Å². The van der Waals surface area contributed by atoms with Gasteiger partial charge >= 0.3 is 0 Å². The fourth-order valence-corrected chi connectivity index (χ4v) is 5.66. The maximum absolute atomic E-state index is 13.7. The molecule has 1 atom stereocenters. The summed E-state index contributed by atoms with van der Waals surface area (Å²) >= 11 is 0. The lowest BCUT2D eigenvalue weighted by Crippen LogP contribution is -2.38. The SMILES string of the molecule is Cc1ccc(S(=O)(=O)N(CC(=O)Nc2ccccc2C(=O)N[C@@H](C)c2ccccc2)c2ccc(C)c(C)c2)cc1. The molecule has 0 aliphatic carbocycles. The van der Waals surface area contributed by atoms with Gasteiger partial charge in [0, 0.05) is 0 Å². The van der Waals surface area contributed by atoms with E-state index >= 15 is 0 Å². The van der Waals surface area contributed by atoms with Crippen LogP contribution in [-0.2, 0) is 14.8 Å². The van der Waals surface area contributed by atoms with E-state index in [2.05, 4.69) is 10.6 Å². The summed E-state index contributed by atoms with van der Waals surface area (Å²) in [5, 5.41) is 5.72. The van der Waals surface area contributed by atoms with Crippen molar-refractivity contribution < 1.29 is 18.0 Å². The zero-order valence-electron chi connectivity index (χ0n) is 23.0. The van der Waals surface area contributed by atoms with Crippen molar-refractivity contribution in [2.24, 2.45) is 0 Å². The lowest BCUT2D eigenvalue weighted by molar-refractivity contribution is -0.114. The number of carbonyl (C=O) groups is 2. The Labute approximate surface area is 235 Å². The van der Waals surface area contributed by atoms with Crippen molar-refractivity contribution >= 4 is 33.2 Å². The number of para-hydroxylation sites is 1. The standard InChI is InChI=1S/C32H33N3O4S/c1-22-14-18-28(19-15-22)40(38,39)35(27-17-16-23(2)24(3)20-27)21-31(36)34-30-13-9-8-12-29(30)32(37)33-25(4)26-10-6-5-7-11-26/h5-20,25H,21H2,1-4H3,(H,33,37)(H,34,36)/t25-/m0/s1. The molecule has 8 heteroatoms. The molecule has 0 spiro atoms. The zero-order chi connectivity index (χ0) is 28.9. The summed E-state index contributed by atoms with van der Waals surface area (Å²) in [6.45, 7) is 7.10. The van der Waals surface area contributed by atoms with Gasteiger partial charge in [0.15, 0.2) is 0 Å². The smallest absolute Gasteiger partial charge is 0.264 e. The van der Waals surface area contributed by atoms with Crippen LogP contribution in [0.15, 0.2) is 102 Å². The number of hydrogen-bond donors (Lipinski definition) is 2. The molecule has 206 valence electrons. The van der Waals surface area contributed by atoms with Gasteiger partial charge in [0.1, 0.15) is 6.54 Å². The molecule has 0 aliphatic rings. The Bertz CT molecular complexity index is 1620. The first kappa shape index (κ1) is 28.6. The molecular formula is C32H33N3O4S. The Kier molecular flexibility index (Phi) is 8.70. The second-order valence-corrected chi connectivity index (χ2v) is 11.7. The number of aryl methyl sites for hydroxylation is 3. The van der Waals surface area contributed by atoms with Crippen LogP contribution in [0.3, 0.4) is 0 Å². The van der Waals surface area contributed by atoms with Crippen LogP contribution in [0.25, 0.3) is 0 Å². The highest BCUT2D eigenvalue weighted by molar-refractivity contribution is 7.92. The molecule has 0 saturated heterocycles. The van der Waals surface area contributed by atoms with Crippen molar-refractivity contribution in [3.05, 3.63) is 125 Å². The van der Waals surface area contributed by atoms with Gasteiger partial charge in [0.2, 0.25) is 5.91 Å². The average Bonchev–Trinajstić information content (AvgIpc) is 2.94. The Hall–Kier alpha value is -4.43. The molecule has 0 heterocycles. The van der Waals surface area contributed by atoms with E-state index in [1.54, 1.807) is 48.5 Å². The van der Waals surface area contributed by atoms with E-state index in [0.717, 1.165) is 26.6 Å². The van der Waals surface area contributed by atoms with Crippen LogP contribution in [-0.4, -0.2) is 26.8 Å². The normalized spacial score (nSPS) is 11.9. The van der Waals surface area contributed by atoms with Crippen LogP contribution < -0.4 is 14.9 Å². The quantitative estimate of drug-likeness (QED) is 0.267. The molecule has 0 unspecified atom stereocenters. The predicted octanol–water partition coefficient (Wildman–Crippen LogP) is 5.94. The molecule has 7 nitrogen and oxygen atoms in total. The van der Waals surface area contributed by atoms with Crippen molar-refractivity contribution in [1.82, 2.24) is 5.32 Å². The third-order valence-corrected chi connectivity index (χ3v) is 8.56. The summed E-state index contributed by atoms with van der Waals surface area (Å²) in [6.07, 6.45) is 0. The largest absolute Gasteiger partial charge is 0.345 e. The summed E-state index contributed by atoms with van der Waals surface area (Å²) in [4.78, 5) is 26.6. The van der Waals surface area contributed by atoms with E-state index in [0.29, 0.717) is 5.69 Å². The third-order valence-electron chi connectivity index (χ3n) is 6.77. The molecule has 0 fully saturated rings. The molecule has 0 aliphatic heterocycles. The van der Waals surface area contributed by atoms with Crippen molar-refractivity contribution in [3.63, 3.8) is 0 Å². The van der Waals surface area contributed by atoms with E-state index in [4.69, 9.17) is 0 Å². The Morgan fingerprint density at radius 2 is 1.45 bits per heavy atom. The van der Waals surface area contributed by atoms with Crippen LogP contribution in [0.5, 0.6) is 0 Å². The molecule has 0 aromatic heterocycles. The van der Waals surface area contributed by atoms with Gasteiger partial charge in [-0.15, -0.1) is 0 Å². The molecule has 4 aromatic rings. The van der Waals surface area contributed by atoms with Gasteiger partial charge in [-0.05, 0) is 80.8 Å². The Morgan fingerprint density at radius 1 is 0.800 bits per heavy atom. The minimum absolute atomic E-state index is 0.0822. The number of benzene rings is 4. The monoisotopic (exact) mass is 555 g/mol. The molecule has 2 amide bonds. The molecule has 0 saturated carbocycles. The molecule has 2 N–H and O–H groups in total. The van der Waals surface area contributed by atoms with Crippen molar-refractivity contribution in [2.45, 2.75) is 38.6 Å². The molecule has 40 heavy (non-hydrogen) atoms. The molecule has 0 radical (unpaired) electrons. The summed E-state index contributed by atoms with van der Waals surface area (Å²) in [7, 11) is -4.07. The lowest BCUT2D eigenvalue weighted by atomic mass is 10.1. The van der Waals surface area contributed by atoms with Gasteiger partial charge in [0.25, 0.3) is 15.9 Å². The molecule has 4 aromatic carbocycles. The van der Waals surface area contributed by atoms with Crippen LogP contribution in [0, 0.1) is 20.8 Å². The lowest BCUT2D eigenvalue weighted by Gasteiger charge is -2.25. The van der Waals surface area contributed by atoms with Gasteiger partial charge < -0.3 is 10.6 Å². The number of anilines is 2. The second kappa shape index (κ2) is 12.2. The summed E-state index contributed by atoms with van der Waals surface area (Å²) in [5.74, 6) is -0.934. The number of nitrogens with one attached hydrogen (secondary N) is 2. The highest BCUT2D eigenvalue weighted by Gasteiger charge is 2.28. The highest BCUT2D eigenvalue weighted by Crippen LogP contribution is 2.26. The fraction of sp³-hybridized carbons (Fsp3) is 0.188. The second-order valence-electron chi connectivity index (χ2n) is 9.79. The predicted molar refractivity (Wildman–Crippen MR) is 159 cm³/mol. The van der Waals surface area contributed by atoms with E-state index in [9.17, 15) is 18.0 Å². The number of nitrogens with zero attached hydrogens (tertiary/aromatic N) is 1. The number of hydrogen-bond acceptors (Lipinski definition) is 4. The highest BCUT2D eigenvalue weighted by atomic mass is 32.2. The number of amides is 2. The zero-order valence-corrected chi connectivity index (χ0v) is 23.8. The van der Waals surface area contributed by atoms with E-state index < -0.39 is 22.5 Å². The fourth-order valence-electron chi connectivity index (χ4n) is 4.24. The third kappa shape index (κ3) is 6.58. The maximum atomic E-state index is 13.7. The number of carbonyl (C=O) groups excluding carboxylic acids is 2. The summed E-state index contributed by atoms with van der Waals surface area (Å²) in [5.41, 5.74) is 4.72. The van der Waals surface area contributed by atoms with Gasteiger partial charge in [0.05, 0.1) is 27.9 Å². The first-order valence-corrected chi connectivity index (χ1v) is 14.4. The van der Waals surface area contributed by atoms with Crippen LogP contribution >= 0.6 is 0 Å². The summed E-state index contributed by atoms with van der Waals surface area (Å²) < 4.78 is 28.6. The van der Waals surface area contributed by atoms with E-state index in [-0.39, 0.29) is 28.1 Å². The first-order chi connectivity index (χ1) is 19.1.